The van der Waals surface area contributed by atoms with E-state index in [9.17, 15) is 4.79 Å². The van der Waals surface area contributed by atoms with Crippen molar-refractivity contribution in [3.05, 3.63) is 83.9 Å². The van der Waals surface area contributed by atoms with Crippen LogP contribution in [0.4, 0.5) is 5.95 Å². The predicted molar refractivity (Wildman–Crippen MR) is 113 cm³/mol. The SMILES string of the molecule is CC.Nc1nnc2cccc(-c3ccc(CC(=O)Cc4ccccc4)cc3)n12. The second kappa shape index (κ2) is 8.95. The second-order valence-corrected chi connectivity index (χ2v) is 6.24. The highest BCUT2D eigenvalue weighted by molar-refractivity contribution is 5.83. The van der Waals surface area contributed by atoms with Gasteiger partial charge in [0.1, 0.15) is 5.78 Å². The first-order valence-corrected chi connectivity index (χ1v) is 9.45. The smallest absolute Gasteiger partial charge is 0.226 e. The van der Waals surface area contributed by atoms with E-state index >= 15 is 0 Å². The molecular weight excluding hydrogens is 348 g/mol. The molecule has 0 bridgehead atoms. The van der Waals surface area contributed by atoms with Gasteiger partial charge < -0.3 is 5.73 Å². The zero-order chi connectivity index (χ0) is 19.9. The van der Waals surface area contributed by atoms with E-state index in [-0.39, 0.29) is 5.78 Å². The first kappa shape index (κ1) is 19.3. The molecule has 0 fully saturated rings. The summed E-state index contributed by atoms with van der Waals surface area (Å²) in [7, 11) is 0. The van der Waals surface area contributed by atoms with E-state index in [2.05, 4.69) is 10.2 Å². The number of benzene rings is 2. The number of carbonyl (C=O) groups excluding carboxylic acids is 1. The van der Waals surface area contributed by atoms with E-state index in [1.807, 2.05) is 91.0 Å². The number of pyridine rings is 1. The van der Waals surface area contributed by atoms with Crippen molar-refractivity contribution in [2.45, 2.75) is 26.7 Å². The number of carbonyl (C=O) groups is 1. The van der Waals surface area contributed by atoms with Crippen molar-refractivity contribution < 1.29 is 4.79 Å². The minimum absolute atomic E-state index is 0.203. The average Bonchev–Trinajstić information content (AvgIpc) is 3.12. The number of aromatic nitrogens is 3. The quantitative estimate of drug-likeness (QED) is 0.565. The van der Waals surface area contributed by atoms with Crippen LogP contribution in [0.1, 0.15) is 25.0 Å². The van der Waals surface area contributed by atoms with E-state index in [1.165, 1.54) is 0 Å². The normalized spacial score (nSPS) is 10.4. The molecule has 0 aliphatic rings. The highest BCUT2D eigenvalue weighted by Crippen LogP contribution is 2.23. The summed E-state index contributed by atoms with van der Waals surface area (Å²) in [6, 6.07) is 23.5. The van der Waals surface area contributed by atoms with Gasteiger partial charge in [-0.15, -0.1) is 10.2 Å². The standard InChI is InChI=1S/C21H18N4O.C2H6/c22-21-24-23-20-8-4-7-19(25(20)21)17-11-9-16(10-12-17)14-18(26)13-15-5-2-1-3-6-15;1-2/h1-12H,13-14H2,(H2,22,24);1-2H3. The fourth-order valence-electron chi connectivity index (χ4n) is 3.10. The number of nitrogens with two attached hydrogens (primary N) is 1. The minimum atomic E-state index is 0.203. The van der Waals surface area contributed by atoms with E-state index in [1.54, 1.807) is 0 Å². The maximum Gasteiger partial charge on any atom is 0.226 e. The predicted octanol–water partition coefficient (Wildman–Crippen LogP) is 4.36. The summed E-state index contributed by atoms with van der Waals surface area (Å²) in [6.07, 6.45) is 0.882. The highest BCUT2D eigenvalue weighted by atomic mass is 16.1. The van der Waals surface area contributed by atoms with Crippen LogP contribution in [0.3, 0.4) is 0 Å². The van der Waals surface area contributed by atoms with E-state index in [0.29, 0.717) is 24.4 Å². The third-order valence-corrected chi connectivity index (χ3v) is 4.35. The van der Waals surface area contributed by atoms with Gasteiger partial charge in [0.25, 0.3) is 0 Å². The van der Waals surface area contributed by atoms with Crippen molar-refractivity contribution in [3.8, 4) is 11.3 Å². The summed E-state index contributed by atoms with van der Waals surface area (Å²) in [5, 5.41) is 7.97. The van der Waals surface area contributed by atoms with Crippen molar-refractivity contribution >= 4 is 17.4 Å². The molecule has 2 aromatic heterocycles. The van der Waals surface area contributed by atoms with Gasteiger partial charge in [0, 0.05) is 12.8 Å². The molecule has 5 heteroatoms. The Bertz CT molecular complexity index is 1050. The lowest BCUT2D eigenvalue weighted by Crippen LogP contribution is -2.06. The Kier molecular flexibility index (Phi) is 6.17. The topological polar surface area (TPSA) is 73.3 Å². The summed E-state index contributed by atoms with van der Waals surface area (Å²) < 4.78 is 1.82. The molecule has 4 rings (SSSR count). The van der Waals surface area contributed by atoms with Crippen LogP contribution in [0.2, 0.25) is 0 Å². The van der Waals surface area contributed by atoms with Crippen molar-refractivity contribution in [1.82, 2.24) is 14.6 Å². The maximum absolute atomic E-state index is 12.3. The number of fused-ring (bicyclic) bond motifs is 1. The Hall–Kier alpha value is -3.47. The first-order valence-electron chi connectivity index (χ1n) is 9.45. The molecule has 0 saturated heterocycles. The van der Waals surface area contributed by atoms with Crippen LogP contribution in [0, 0.1) is 0 Å². The van der Waals surface area contributed by atoms with Crippen molar-refractivity contribution in [3.63, 3.8) is 0 Å². The molecule has 142 valence electrons. The van der Waals surface area contributed by atoms with Crippen LogP contribution < -0.4 is 5.73 Å². The van der Waals surface area contributed by atoms with E-state index in [4.69, 9.17) is 5.73 Å². The van der Waals surface area contributed by atoms with Gasteiger partial charge in [-0.05, 0) is 28.8 Å². The number of nitrogens with zero attached hydrogens (tertiary/aromatic N) is 3. The third-order valence-electron chi connectivity index (χ3n) is 4.35. The summed E-state index contributed by atoms with van der Waals surface area (Å²) in [5.41, 5.74) is 10.6. The number of ketones is 1. The minimum Gasteiger partial charge on any atom is -0.368 e. The molecule has 0 atom stereocenters. The number of hydrogen-bond donors (Lipinski definition) is 1. The molecule has 2 aromatic carbocycles. The lowest BCUT2D eigenvalue weighted by Gasteiger charge is -2.07. The van der Waals surface area contributed by atoms with Crippen LogP contribution in [-0.2, 0) is 17.6 Å². The van der Waals surface area contributed by atoms with Gasteiger partial charge in [-0.1, -0.05) is 74.5 Å². The number of rotatable bonds is 5. The molecule has 0 unspecified atom stereocenters. The van der Waals surface area contributed by atoms with Gasteiger partial charge in [0.15, 0.2) is 5.65 Å². The number of Topliss-reactive ketones (excluding diaryl/α,β-unsaturated/α-hetero) is 1. The fraction of sp³-hybridized carbons (Fsp3) is 0.174. The second-order valence-electron chi connectivity index (χ2n) is 6.24. The molecule has 0 spiro atoms. The molecule has 0 amide bonds. The lowest BCUT2D eigenvalue weighted by atomic mass is 10.0. The van der Waals surface area contributed by atoms with Crippen LogP contribution >= 0.6 is 0 Å². The summed E-state index contributed by atoms with van der Waals surface area (Å²) >= 11 is 0. The number of anilines is 1. The number of hydrogen-bond acceptors (Lipinski definition) is 4. The van der Waals surface area contributed by atoms with E-state index in [0.717, 1.165) is 22.4 Å². The molecule has 0 aliphatic heterocycles. The Labute approximate surface area is 164 Å². The lowest BCUT2D eigenvalue weighted by molar-refractivity contribution is -0.117. The summed E-state index contributed by atoms with van der Waals surface area (Å²) in [6.45, 7) is 4.00. The monoisotopic (exact) mass is 372 g/mol. The van der Waals surface area contributed by atoms with Gasteiger partial charge >= 0.3 is 0 Å². The van der Waals surface area contributed by atoms with Crippen LogP contribution in [0.15, 0.2) is 72.8 Å². The highest BCUT2D eigenvalue weighted by Gasteiger charge is 2.09. The molecule has 4 aromatic rings. The Morgan fingerprint density at radius 1 is 0.821 bits per heavy atom. The molecule has 0 radical (unpaired) electrons. The van der Waals surface area contributed by atoms with E-state index < -0.39 is 0 Å². The van der Waals surface area contributed by atoms with Crippen LogP contribution in [-0.4, -0.2) is 20.4 Å². The molecule has 0 saturated carbocycles. The van der Waals surface area contributed by atoms with Gasteiger partial charge in [0.05, 0.1) is 5.69 Å². The Morgan fingerprint density at radius 3 is 2.14 bits per heavy atom. The number of nitrogen functional groups attached to an aromatic ring is 1. The summed E-state index contributed by atoms with van der Waals surface area (Å²) in [5.74, 6) is 0.562. The third kappa shape index (κ3) is 4.26. The van der Waals surface area contributed by atoms with Gasteiger partial charge in [0.2, 0.25) is 5.95 Å². The fourth-order valence-corrected chi connectivity index (χ4v) is 3.10. The molecule has 5 nitrogen and oxygen atoms in total. The average molecular weight is 372 g/mol. The Morgan fingerprint density at radius 2 is 1.46 bits per heavy atom. The van der Waals surface area contributed by atoms with Gasteiger partial charge in [-0.3, -0.25) is 9.20 Å². The van der Waals surface area contributed by atoms with Gasteiger partial charge in [-0.25, -0.2) is 0 Å². The molecule has 28 heavy (non-hydrogen) atoms. The summed E-state index contributed by atoms with van der Waals surface area (Å²) in [4.78, 5) is 12.3. The van der Waals surface area contributed by atoms with Crippen molar-refractivity contribution in [1.29, 1.82) is 0 Å². The zero-order valence-corrected chi connectivity index (χ0v) is 16.2. The first-order chi connectivity index (χ1) is 13.7. The largest absolute Gasteiger partial charge is 0.368 e. The van der Waals surface area contributed by atoms with Crippen molar-refractivity contribution in [2.24, 2.45) is 0 Å². The Balaban J connectivity index is 0.00000109. The maximum atomic E-state index is 12.3. The zero-order valence-electron chi connectivity index (χ0n) is 16.2. The molecular formula is C23H24N4O. The molecule has 2 N–H and O–H groups in total. The van der Waals surface area contributed by atoms with Crippen LogP contribution in [0.5, 0.6) is 0 Å². The van der Waals surface area contributed by atoms with Crippen LogP contribution in [0.25, 0.3) is 16.9 Å². The molecule has 2 heterocycles. The van der Waals surface area contributed by atoms with Gasteiger partial charge in [-0.2, -0.15) is 0 Å². The molecule has 0 aliphatic carbocycles. The van der Waals surface area contributed by atoms with Crippen molar-refractivity contribution in [2.75, 3.05) is 5.73 Å².